The van der Waals surface area contributed by atoms with E-state index in [9.17, 15) is 0 Å². The van der Waals surface area contributed by atoms with Crippen LogP contribution in [0.5, 0.6) is 0 Å². The molecule has 2 nitrogen and oxygen atoms in total. The summed E-state index contributed by atoms with van der Waals surface area (Å²) in [7, 11) is -3.32. The van der Waals surface area contributed by atoms with E-state index in [4.69, 9.17) is 0 Å². The third-order valence-corrected chi connectivity index (χ3v) is 20.3. The van der Waals surface area contributed by atoms with E-state index in [1.54, 1.807) is 10.4 Å². The van der Waals surface area contributed by atoms with Crippen molar-refractivity contribution in [2.24, 2.45) is 0 Å². The molecule has 0 saturated carbocycles. The second kappa shape index (κ2) is 13.4. The van der Waals surface area contributed by atoms with Gasteiger partial charge in [-0.05, 0) is 0 Å². The van der Waals surface area contributed by atoms with Crippen LogP contribution in [-0.4, -0.2) is 49.8 Å². The Kier molecular flexibility index (Phi) is 13.7. The van der Waals surface area contributed by atoms with Crippen molar-refractivity contribution in [2.75, 3.05) is 0 Å². The van der Waals surface area contributed by atoms with E-state index in [-0.39, 0.29) is 24.8 Å². The summed E-state index contributed by atoms with van der Waals surface area (Å²) >= 11 is -0.755. The number of rotatable bonds is 10. The van der Waals surface area contributed by atoms with Crippen LogP contribution < -0.4 is 24.8 Å². The maximum atomic E-state index is 2.84. The summed E-state index contributed by atoms with van der Waals surface area (Å²) in [5, 5.41) is 3.54. The van der Waals surface area contributed by atoms with E-state index < -0.39 is 39.7 Å². The number of nitrogens with zero attached hydrogens (tertiary/aromatic N) is 2. The minimum atomic E-state index is -1.66. The van der Waals surface area contributed by atoms with Crippen molar-refractivity contribution >= 4 is 16.5 Å². The minimum absolute atomic E-state index is 0. The molecule has 0 aromatic carbocycles. The summed E-state index contributed by atoms with van der Waals surface area (Å²) in [5.74, 6) is 0. The molecule has 2 aliphatic carbocycles. The molecule has 2 rings (SSSR count). The monoisotopic (exact) mass is 604 g/mol. The van der Waals surface area contributed by atoms with Crippen molar-refractivity contribution in [1.82, 2.24) is 9.13 Å². The fraction of sp³-hybridized carbons (Fsp3) is 0.692. The Morgan fingerprint density at radius 2 is 0.879 bits per heavy atom. The van der Waals surface area contributed by atoms with Crippen molar-refractivity contribution < 1.29 is 48.0 Å². The summed E-state index contributed by atoms with van der Waals surface area (Å²) in [5.41, 5.74) is 0. The summed E-state index contributed by atoms with van der Waals surface area (Å²) in [4.78, 5) is 0. The van der Waals surface area contributed by atoms with Gasteiger partial charge in [0.05, 0.1) is 0 Å². The maximum Gasteiger partial charge on any atom is -1.00 e. The Bertz CT molecular complexity index is 701. The third kappa shape index (κ3) is 7.40. The minimum Gasteiger partial charge on any atom is -1.00 e. The molecule has 7 heteroatoms. The van der Waals surface area contributed by atoms with Crippen LogP contribution in [0.3, 0.4) is 0 Å². The molecule has 0 bridgehead atoms. The predicted molar refractivity (Wildman–Crippen MR) is 141 cm³/mol. The van der Waals surface area contributed by atoms with Crippen molar-refractivity contribution in [1.29, 1.82) is 0 Å². The largest absolute Gasteiger partial charge is 1.00 e. The average molecular weight is 607 g/mol. The van der Waals surface area contributed by atoms with Crippen molar-refractivity contribution in [2.45, 2.75) is 119 Å². The number of hydrogen-bond acceptors (Lipinski definition) is 2. The Hall–Kier alpha value is 0.777. The first kappa shape index (κ1) is 33.8. The van der Waals surface area contributed by atoms with Gasteiger partial charge in [-0.25, -0.2) is 0 Å². The molecule has 2 aliphatic rings. The Morgan fingerprint density at radius 1 is 0.606 bits per heavy atom. The van der Waals surface area contributed by atoms with Crippen LogP contribution >= 0.6 is 0 Å². The standard InChI is InChI=1S/2C13H24NSi.2ClH.Zr/c2*1-11(2)14(12(3)4)15(5,6)13-9-7-8-10-13;;;/h2*7,9,11-12H,8H2,1-6H3;2*1H;/q;;;;+2/p-2. The number of allylic oxidation sites excluding steroid dienone is 8. The Balaban J connectivity index is 0.00000512. The number of hydrogen-bond donors (Lipinski definition) is 0. The molecular weight excluding hydrogens is 559 g/mol. The van der Waals surface area contributed by atoms with Gasteiger partial charge in [0.15, 0.2) is 0 Å². The Labute approximate surface area is 232 Å². The molecule has 0 aromatic heterocycles. The van der Waals surface area contributed by atoms with Gasteiger partial charge in [0.25, 0.3) is 0 Å². The quantitative estimate of drug-likeness (QED) is 0.346. The third-order valence-electron chi connectivity index (χ3n) is 7.00. The summed E-state index contributed by atoms with van der Waals surface area (Å²) in [6.07, 6.45) is 12.4. The molecule has 0 spiro atoms. The van der Waals surface area contributed by atoms with Crippen molar-refractivity contribution in [3.63, 3.8) is 0 Å². The van der Waals surface area contributed by atoms with Crippen molar-refractivity contribution in [3.05, 3.63) is 41.3 Å². The van der Waals surface area contributed by atoms with Crippen LogP contribution in [0.4, 0.5) is 0 Å². The van der Waals surface area contributed by atoms with E-state index in [1.807, 2.05) is 6.56 Å². The summed E-state index contributed by atoms with van der Waals surface area (Å²) in [6.45, 7) is 29.5. The van der Waals surface area contributed by atoms with Gasteiger partial charge in [-0.2, -0.15) is 0 Å². The van der Waals surface area contributed by atoms with Crippen LogP contribution in [0.15, 0.2) is 41.3 Å². The zero-order chi connectivity index (χ0) is 23.7. The van der Waals surface area contributed by atoms with Crippen LogP contribution in [0.25, 0.3) is 0 Å². The van der Waals surface area contributed by atoms with Crippen LogP contribution in [0.1, 0.15) is 68.2 Å². The van der Waals surface area contributed by atoms with Gasteiger partial charge in [-0.3, -0.25) is 0 Å². The molecule has 0 amide bonds. The second-order valence-corrected chi connectivity index (χ2v) is 23.4. The Morgan fingerprint density at radius 3 is 1.12 bits per heavy atom. The van der Waals surface area contributed by atoms with Gasteiger partial charge in [-0.1, -0.05) is 0 Å². The summed E-state index contributed by atoms with van der Waals surface area (Å²) < 4.78 is 9.43. The smallest absolute Gasteiger partial charge is 1.00 e. The van der Waals surface area contributed by atoms with E-state index in [2.05, 4.69) is 115 Å². The first-order chi connectivity index (χ1) is 14.2. The normalized spacial score (nSPS) is 16.8. The van der Waals surface area contributed by atoms with E-state index >= 15 is 0 Å². The molecule has 0 aromatic rings. The zero-order valence-electron chi connectivity index (χ0n) is 23.2. The molecule has 33 heavy (non-hydrogen) atoms. The molecule has 0 N–H and O–H groups in total. The SMILES string of the molecule is CC(C)N(C(C)C)[Si](C)(C)C1=[C]([Zr+2][C]2=C([Si](C)(C)N(C(C)C)C(C)C)C=CC2)CC=C1.[Cl-].[Cl-]. The maximum absolute atomic E-state index is 2.84. The molecule has 188 valence electrons. The molecule has 0 heterocycles. The molecule has 0 fully saturated rings. The zero-order valence-corrected chi connectivity index (χ0v) is 29.2. The van der Waals surface area contributed by atoms with E-state index in [0.29, 0.717) is 24.2 Å². The molecule has 0 saturated heterocycles. The number of halogens is 2. The van der Waals surface area contributed by atoms with Gasteiger partial charge in [0.1, 0.15) is 0 Å². The molecule has 0 radical (unpaired) electrons. The first-order valence-electron chi connectivity index (χ1n) is 12.4. The topological polar surface area (TPSA) is 6.48 Å². The molecule has 0 unspecified atom stereocenters. The van der Waals surface area contributed by atoms with Crippen LogP contribution in [0.2, 0.25) is 26.2 Å². The summed E-state index contributed by atoms with van der Waals surface area (Å²) in [6, 6.07) is 2.42. The fourth-order valence-electron chi connectivity index (χ4n) is 6.63. The predicted octanol–water partition coefficient (Wildman–Crippen LogP) is 1.23. The van der Waals surface area contributed by atoms with Gasteiger partial charge in [-0.15, -0.1) is 0 Å². The van der Waals surface area contributed by atoms with Gasteiger partial charge in [0.2, 0.25) is 0 Å². The van der Waals surface area contributed by atoms with Crippen LogP contribution in [-0.2, 0) is 23.2 Å². The van der Waals surface area contributed by atoms with Crippen LogP contribution in [0, 0.1) is 0 Å². The fourth-order valence-corrected chi connectivity index (χ4v) is 23.4. The average Bonchev–Trinajstić information content (AvgIpc) is 3.22. The first-order valence-corrected chi connectivity index (χ1v) is 20.7. The van der Waals surface area contributed by atoms with E-state index in [0.717, 1.165) is 0 Å². The van der Waals surface area contributed by atoms with Gasteiger partial charge >= 0.3 is 209 Å². The van der Waals surface area contributed by atoms with Crippen molar-refractivity contribution in [3.8, 4) is 0 Å². The second-order valence-electron chi connectivity index (χ2n) is 11.4. The molecule has 0 aliphatic heterocycles. The van der Waals surface area contributed by atoms with E-state index in [1.165, 1.54) is 12.8 Å². The van der Waals surface area contributed by atoms with Gasteiger partial charge < -0.3 is 24.8 Å². The van der Waals surface area contributed by atoms with Gasteiger partial charge in [0, 0.05) is 0 Å². The molecular formula is C26H48Cl2N2Si2Zr. The molecule has 0 atom stereocenters.